The summed E-state index contributed by atoms with van der Waals surface area (Å²) in [5.74, 6) is 0.0692. The van der Waals surface area contributed by atoms with Crippen LogP contribution in [0.1, 0.15) is 37.0 Å². The number of nitrogens with zero attached hydrogens (tertiary/aromatic N) is 2. The molecule has 0 atom stereocenters. The van der Waals surface area contributed by atoms with Crippen LogP contribution in [0.25, 0.3) is 0 Å². The average Bonchev–Trinajstić information content (AvgIpc) is 2.61. The fourth-order valence-electron chi connectivity index (χ4n) is 2.90. The van der Waals surface area contributed by atoms with Crippen LogP contribution in [0.5, 0.6) is 0 Å². The van der Waals surface area contributed by atoms with E-state index in [9.17, 15) is 13.2 Å². The van der Waals surface area contributed by atoms with Crippen molar-refractivity contribution >= 4 is 49.1 Å². The third-order valence-electron chi connectivity index (χ3n) is 4.25. The van der Waals surface area contributed by atoms with E-state index in [1.165, 1.54) is 6.07 Å². The number of nitrogens with one attached hydrogen (secondary N) is 1. The van der Waals surface area contributed by atoms with E-state index < -0.39 is 10.0 Å². The Morgan fingerprint density at radius 1 is 1.22 bits per heavy atom. The summed E-state index contributed by atoms with van der Waals surface area (Å²) in [6.07, 6.45) is 1.90. The van der Waals surface area contributed by atoms with E-state index in [0.29, 0.717) is 23.8 Å². The van der Waals surface area contributed by atoms with Gasteiger partial charge in [0.15, 0.2) is 0 Å². The highest BCUT2D eigenvalue weighted by Gasteiger charge is 2.29. The minimum absolute atomic E-state index is 0.0612. The third-order valence-corrected chi connectivity index (χ3v) is 6.13. The number of amides is 1. The number of carbonyl (C=O) groups is 1. The molecular weight excluding hydrogens is 430 g/mol. The highest BCUT2D eigenvalue weighted by Crippen LogP contribution is 2.33. The van der Waals surface area contributed by atoms with Crippen molar-refractivity contribution in [2.24, 2.45) is 4.40 Å². The van der Waals surface area contributed by atoms with Crippen molar-refractivity contribution in [3.05, 3.63) is 52.5 Å². The number of hydrogen-bond donors (Lipinski definition) is 1. The second-order valence-corrected chi connectivity index (χ2v) is 8.75. The lowest BCUT2D eigenvalue weighted by Crippen LogP contribution is -2.34. The number of rotatable bonds is 5. The van der Waals surface area contributed by atoms with Gasteiger partial charge in [-0.25, -0.2) is 0 Å². The van der Waals surface area contributed by atoms with Gasteiger partial charge in [0.2, 0.25) is 0 Å². The number of benzene rings is 2. The first-order chi connectivity index (χ1) is 12.8. The first kappa shape index (κ1) is 19.6. The van der Waals surface area contributed by atoms with E-state index in [2.05, 4.69) is 32.6 Å². The van der Waals surface area contributed by atoms with Crippen LogP contribution < -0.4 is 10.2 Å². The molecule has 0 saturated carbocycles. The smallest absolute Gasteiger partial charge is 0.286 e. The van der Waals surface area contributed by atoms with Crippen LogP contribution in [-0.4, -0.2) is 26.7 Å². The zero-order valence-electron chi connectivity index (χ0n) is 15.1. The van der Waals surface area contributed by atoms with Gasteiger partial charge in [0.05, 0.1) is 5.69 Å². The summed E-state index contributed by atoms with van der Waals surface area (Å²) in [4.78, 5) is 14.5. The van der Waals surface area contributed by atoms with Crippen LogP contribution in [0.4, 0.5) is 11.4 Å². The van der Waals surface area contributed by atoms with Crippen molar-refractivity contribution in [1.29, 1.82) is 0 Å². The van der Waals surface area contributed by atoms with Gasteiger partial charge in [-0.05, 0) is 49.7 Å². The van der Waals surface area contributed by atoms with Gasteiger partial charge in [-0.3, -0.25) is 4.79 Å². The molecule has 0 saturated heterocycles. The predicted molar refractivity (Wildman–Crippen MR) is 111 cm³/mol. The normalized spacial score (nSPS) is 15.1. The van der Waals surface area contributed by atoms with Crippen LogP contribution in [0.3, 0.4) is 0 Å². The molecule has 3 rings (SSSR count). The van der Waals surface area contributed by atoms with E-state index in [1.807, 2.05) is 11.0 Å². The first-order valence-electron chi connectivity index (χ1n) is 8.62. The van der Waals surface area contributed by atoms with Crippen LogP contribution in [-0.2, 0) is 10.0 Å². The number of unbranched alkanes of at least 4 members (excludes halogenated alkanes) is 1. The highest BCUT2D eigenvalue weighted by molar-refractivity contribution is 9.10. The van der Waals surface area contributed by atoms with Gasteiger partial charge < -0.3 is 10.2 Å². The lowest BCUT2D eigenvalue weighted by atomic mass is 10.1. The number of fused-ring (bicyclic) bond motifs is 1. The number of sulfonamides is 1. The summed E-state index contributed by atoms with van der Waals surface area (Å²) < 4.78 is 29.8. The van der Waals surface area contributed by atoms with Crippen LogP contribution in [0.15, 0.2) is 56.2 Å². The van der Waals surface area contributed by atoms with E-state index in [-0.39, 0.29) is 16.4 Å². The molecule has 2 aromatic rings. The molecule has 1 aliphatic rings. The van der Waals surface area contributed by atoms with Gasteiger partial charge in [-0.2, -0.15) is 8.42 Å². The molecule has 0 aliphatic carbocycles. The maximum absolute atomic E-state index is 12.6. The van der Waals surface area contributed by atoms with E-state index in [4.69, 9.17) is 0 Å². The number of anilines is 2. The second-order valence-electron chi connectivity index (χ2n) is 6.27. The molecular formula is C19H20BrN3O3S. The van der Waals surface area contributed by atoms with Crippen LogP contribution >= 0.6 is 15.9 Å². The molecule has 6 nitrogen and oxygen atoms in total. The Balaban J connectivity index is 1.95. The second kappa shape index (κ2) is 7.82. The summed E-state index contributed by atoms with van der Waals surface area (Å²) in [6.45, 7) is 4.44. The topological polar surface area (TPSA) is 78.8 Å². The zero-order valence-corrected chi connectivity index (χ0v) is 17.5. The fraction of sp³-hybridized carbons (Fsp3) is 0.263. The zero-order chi connectivity index (χ0) is 19.6. The molecule has 27 heavy (non-hydrogen) atoms. The average molecular weight is 450 g/mol. The molecule has 0 fully saturated rings. The fourth-order valence-corrected chi connectivity index (χ4v) is 4.56. The first-order valence-corrected chi connectivity index (χ1v) is 10.8. The Morgan fingerprint density at radius 2 is 2.00 bits per heavy atom. The van der Waals surface area contributed by atoms with Gasteiger partial charge in [-0.15, -0.1) is 4.40 Å². The maximum Gasteiger partial charge on any atom is 0.286 e. The van der Waals surface area contributed by atoms with Gasteiger partial charge in [-0.1, -0.05) is 35.3 Å². The van der Waals surface area contributed by atoms with Gasteiger partial charge in [0.1, 0.15) is 10.7 Å². The lowest BCUT2D eigenvalue weighted by molar-refractivity contribution is 0.102. The molecule has 0 unspecified atom stereocenters. The van der Waals surface area contributed by atoms with E-state index >= 15 is 0 Å². The molecule has 1 N–H and O–H groups in total. The molecule has 0 radical (unpaired) electrons. The molecule has 1 amide bonds. The largest absolute Gasteiger partial charge is 0.328 e. The van der Waals surface area contributed by atoms with Crippen molar-refractivity contribution < 1.29 is 13.2 Å². The van der Waals surface area contributed by atoms with Crippen LogP contribution in [0.2, 0.25) is 0 Å². The summed E-state index contributed by atoms with van der Waals surface area (Å²) in [5.41, 5.74) is 1.45. The lowest BCUT2D eigenvalue weighted by Gasteiger charge is -2.29. The summed E-state index contributed by atoms with van der Waals surface area (Å²) in [7, 11) is -3.83. The minimum Gasteiger partial charge on any atom is -0.328 e. The predicted octanol–water partition coefficient (Wildman–Crippen LogP) is 4.43. The van der Waals surface area contributed by atoms with Crippen LogP contribution in [0, 0.1) is 0 Å². The quantitative estimate of drug-likeness (QED) is 0.731. The maximum atomic E-state index is 12.6. The molecule has 2 aromatic carbocycles. The number of hydrogen-bond acceptors (Lipinski definition) is 4. The van der Waals surface area contributed by atoms with Gasteiger partial charge >= 0.3 is 0 Å². The summed E-state index contributed by atoms with van der Waals surface area (Å²) in [5, 5.41) is 2.77. The number of amidine groups is 1. The number of carbonyl (C=O) groups excluding carboxylic acids is 1. The molecule has 1 heterocycles. The number of halogens is 1. The molecule has 0 spiro atoms. The van der Waals surface area contributed by atoms with Gasteiger partial charge in [0, 0.05) is 22.3 Å². The standard InChI is InChI=1S/C19H20BrN3O3S/c1-3-4-10-23-13(2)22-27(25,26)18-11-14(8-9-17(18)23)19(24)21-16-7-5-6-15(20)12-16/h5-9,11-12H,3-4,10H2,1-2H3,(H,21,24). The van der Waals surface area contributed by atoms with Gasteiger partial charge in [0.25, 0.3) is 15.9 Å². The van der Waals surface area contributed by atoms with E-state index in [0.717, 1.165) is 17.3 Å². The SMILES string of the molecule is CCCCN1C(C)=NS(=O)(=O)c2cc(C(=O)Nc3cccc(Br)c3)ccc21. The molecule has 0 aromatic heterocycles. The van der Waals surface area contributed by atoms with Crippen molar-refractivity contribution in [2.45, 2.75) is 31.6 Å². The molecule has 142 valence electrons. The molecule has 8 heteroatoms. The Kier molecular flexibility index (Phi) is 5.67. The third kappa shape index (κ3) is 4.22. The molecule has 0 bridgehead atoms. The monoisotopic (exact) mass is 449 g/mol. The van der Waals surface area contributed by atoms with Crippen molar-refractivity contribution in [3.63, 3.8) is 0 Å². The summed E-state index contributed by atoms with van der Waals surface area (Å²) in [6, 6.07) is 11.9. The highest BCUT2D eigenvalue weighted by atomic mass is 79.9. The summed E-state index contributed by atoms with van der Waals surface area (Å²) >= 11 is 3.35. The van der Waals surface area contributed by atoms with Crippen molar-refractivity contribution in [3.8, 4) is 0 Å². The minimum atomic E-state index is -3.83. The molecule has 1 aliphatic heterocycles. The Labute approximate surface area is 167 Å². The Morgan fingerprint density at radius 3 is 2.70 bits per heavy atom. The Hall–Kier alpha value is -2.19. The van der Waals surface area contributed by atoms with E-state index in [1.54, 1.807) is 37.3 Å². The van der Waals surface area contributed by atoms with Crippen molar-refractivity contribution in [2.75, 3.05) is 16.8 Å². The van der Waals surface area contributed by atoms with Crippen molar-refractivity contribution in [1.82, 2.24) is 0 Å². The Bertz CT molecular complexity index is 1020.